The molecule has 5 nitrogen and oxygen atoms in total. The number of anilines is 1. The molecular weight excluding hydrogens is 242 g/mol. The van der Waals surface area contributed by atoms with Crippen molar-refractivity contribution in [3.8, 4) is 0 Å². The highest BCUT2D eigenvalue weighted by Gasteiger charge is 2.26. The third kappa shape index (κ3) is 3.04. The van der Waals surface area contributed by atoms with Gasteiger partial charge >= 0.3 is 0 Å². The van der Waals surface area contributed by atoms with Crippen LogP contribution in [-0.2, 0) is 0 Å². The van der Waals surface area contributed by atoms with Crippen molar-refractivity contribution in [3.63, 3.8) is 0 Å². The van der Waals surface area contributed by atoms with Crippen LogP contribution in [0.1, 0.15) is 18.9 Å². The topological polar surface area (TPSA) is 58.4 Å². The molecule has 0 aliphatic carbocycles. The molecule has 1 aliphatic heterocycles. The van der Waals surface area contributed by atoms with E-state index >= 15 is 0 Å². The predicted molar refractivity (Wildman–Crippen MR) is 76.5 cm³/mol. The molecule has 0 aromatic heterocycles. The molecule has 0 radical (unpaired) electrons. The molecule has 1 saturated heterocycles. The van der Waals surface area contributed by atoms with Gasteiger partial charge in [0.1, 0.15) is 5.69 Å². The van der Waals surface area contributed by atoms with Crippen LogP contribution in [0, 0.1) is 23.0 Å². The smallest absolute Gasteiger partial charge is 0.292 e. The van der Waals surface area contributed by atoms with Crippen molar-refractivity contribution in [1.29, 1.82) is 0 Å². The second-order valence-electron chi connectivity index (χ2n) is 5.51. The number of rotatable bonds is 3. The van der Waals surface area contributed by atoms with E-state index in [9.17, 15) is 10.1 Å². The molecule has 1 aliphatic rings. The lowest BCUT2D eigenvalue weighted by atomic mass is 9.93. The fraction of sp³-hybridized carbons (Fsp3) is 0.571. The number of hydrogen-bond acceptors (Lipinski definition) is 4. The molecular formula is C14H21N3O2. The standard InChI is InChI=1S/C14H21N3O2/c1-10-5-4-6-13(17(18)19)14(10)15-12-7-8-16(3)9-11(12)2/h4-6,11-12,15H,7-9H2,1-3H3. The van der Waals surface area contributed by atoms with Gasteiger partial charge in [0.05, 0.1) is 4.92 Å². The van der Waals surface area contributed by atoms with Gasteiger partial charge in [0, 0.05) is 18.7 Å². The average Bonchev–Trinajstić information content (AvgIpc) is 2.34. The molecule has 0 spiro atoms. The van der Waals surface area contributed by atoms with Crippen molar-refractivity contribution in [1.82, 2.24) is 4.90 Å². The van der Waals surface area contributed by atoms with Crippen molar-refractivity contribution >= 4 is 11.4 Å². The van der Waals surface area contributed by atoms with E-state index in [-0.39, 0.29) is 10.6 Å². The Morgan fingerprint density at radius 1 is 1.47 bits per heavy atom. The molecule has 2 atom stereocenters. The number of nitrogens with zero attached hydrogens (tertiary/aromatic N) is 2. The maximum absolute atomic E-state index is 11.1. The summed E-state index contributed by atoms with van der Waals surface area (Å²) in [5.41, 5.74) is 1.78. The first-order valence-electron chi connectivity index (χ1n) is 6.68. The minimum atomic E-state index is -0.311. The second kappa shape index (κ2) is 5.57. The maximum atomic E-state index is 11.1. The van der Waals surface area contributed by atoms with Crippen molar-refractivity contribution in [2.75, 3.05) is 25.5 Å². The summed E-state index contributed by atoms with van der Waals surface area (Å²) in [5.74, 6) is 0.484. The van der Waals surface area contributed by atoms with Gasteiger partial charge in [0.15, 0.2) is 0 Å². The van der Waals surface area contributed by atoms with E-state index in [1.54, 1.807) is 12.1 Å². The van der Waals surface area contributed by atoms with Gasteiger partial charge in [-0.25, -0.2) is 0 Å². The highest BCUT2D eigenvalue weighted by atomic mass is 16.6. The lowest BCUT2D eigenvalue weighted by Gasteiger charge is -2.35. The van der Waals surface area contributed by atoms with Crippen LogP contribution in [0.25, 0.3) is 0 Å². The molecule has 19 heavy (non-hydrogen) atoms. The van der Waals surface area contributed by atoms with Crippen molar-refractivity contribution in [3.05, 3.63) is 33.9 Å². The van der Waals surface area contributed by atoms with Gasteiger partial charge in [-0.3, -0.25) is 10.1 Å². The Kier molecular flexibility index (Phi) is 4.04. The van der Waals surface area contributed by atoms with E-state index in [2.05, 4.69) is 24.2 Å². The minimum absolute atomic E-state index is 0.172. The molecule has 1 fully saturated rings. The van der Waals surface area contributed by atoms with Gasteiger partial charge in [-0.1, -0.05) is 19.1 Å². The van der Waals surface area contributed by atoms with Crippen LogP contribution in [0.4, 0.5) is 11.4 Å². The first kappa shape index (κ1) is 13.8. The van der Waals surface area contributed by atoms with E-state index < -0.39 is 0 Å². The quantitative estimate of drug-likeness (QED) is 0.673. The third-order valence-electron chi connectivity index (χ3n) is 3.89. The fourth-order valence-corrected chi connectivity index (χ4v) is 2.75. The normalized spacial score (nSPS) is 24.2. The van der Waals surface area contributed by atoms with E-state index in [1.165, 1.54) is 0 Å². The number of piperidine rings is 1. The van der Waals surface area contributed by atoms with Crippen LogP contribution in [-0.4, -0.2) is 36.0 Å². The molecule has 1 heterocycles. The van der Waals surface area contributed by atoms with Gasteiger partial charge in [0.25, 0.3) is 5.69 Å². The van der Waals surface area contributed by atoms with E-state index in [0.29, 0.717) is 17.6 Å². The van der Waals surface area contributed by atoms with Gasteiger partial charge < -0.3 is 10.2 Å². The fourth-order valence-electron chi connectivity index (χ4n) is 2.75. The van der Waals surface area contributed by atoms with Crippen LogP contribution in [0.3, 0.4) is 0 Å². The molecule has 1 N–H and O–H groups in total. The molecule has 2 unspecified atom stereocenters. The zero-order chi connectivity index (χ0) is 14.0. The van der Waals surface area contributed by atoms with Crippen LogP contribution in [0.2, 0.25) is 0 Å². The Morgan fingerprint density at radius 3 is 2.84 bits per heavy atom. The first-order valence-corrected chi connectivity index (χ1v) is 6.68. The Bertz CT molecular complexity index is 476. The zero-order valence-electron chi connectivity index (χ0n) is 11.7. The summed E-state index contributed by atoms with van der Waals surface area (Å²) in [4.78, 5) is 13.1. The average molecular weight is 263 g/mol. The predicted octanol–water partition coefficient (Wildman–Crippen LogP) is 2.66. The summed E-state index contributed by atoms with van der Waals surface area (Å²) in [6.07, 6.45) is 1.02. The van der Waals surface area contributed by atoms with E-state index in [0.717, 1.165) is 25.1 Å². The highest BCUT2D eigenvalue weighted by molar-refractivity contribution is 5.66. The van der Waals surface area contributed by atoms with Crippen molar-refractivity contribution in [2.24, 2.45) is 5.92 Å². The molecule has 0 saturated carbocycles. The van der Waals surface area contributed by atoms with E-state index in [4.69, 9.17) is 0 Å². The summed E-state index contributed by atoms with van der Waals surface area (Å²) in [6, 6.07) is 5.51. The number of nitro groups is 1. The summed E-state index contributed by atoms with van der Waals surface area (Å²) >= 11 is 0. The Balaban J connectivity index is 2.21. The largest absolute Gasteiger partial charge is 0.376 e. The summed E-state index contributed by atoms with van der Waals surface area (Å²) in [7, 11) is 2.11. The molecule has 2 rings (SSSR count). The molecule has 1 aromatic carbocycles. The molecule has 104 valence electrons. The highest BCUT2D eigenvalue weighted by Crippen LogP contribution is 2.30. The number of nitrogens with one attached hydrogen (secondary N) is 1. The number of aryl methyl sites for hydroxylation is 1. The summed E-state index contributed by atoms with van der Waals surface area (Å²) in [6.45, 7) is 6.16. The maximum Gasteiger partial charge on any atom is 0.292 e. The van der Waals surface area contributed by atoms with Gasteiger partial charge in [-0.05, 0) is 38.4 Å². The number of para-hydroxylation sites is 1. The van der Waals surface area contributed by atoms with Crippen LogP contribution < -0.4 is 5.32 Å². The zero-order valence-corrected chi connectivity index (χ0v) is 11.7. The first-order chi connectivity index (χ1) is 8.99. The van der Waals surface area contributed by atoms with Crippen LogP contribution in [0.15, 0.2) is 18.2 Å². The van der Waals surface area contributed by atoms with Crippen LogP contribution in [0.5, 0.6) is 0 Å². The Morgan fingerprint density at radius 2 is 2.21 bits per heavy atom. The summed E-state index contributed by atoms with van der Waals surface area (Å²) in [5, 5.41) is 14.5. The Hall–Kier alpha value is -1.62. The molecule has 0 amide bonds. The Labute approximate surface area is 113 Å². The second-order valence-corrected chi connectivity index (χ2v) is 5.51. The number of nitro benzene ring substituents is 1. The molecule has 1 aromatic rings. The summed E-state index contributed by atoms with van der Waals surface area (Å²) < 4.78 is 0. The van der Waals surface area contributed by atoms with Gasteiger partial charge in [-0.15, -0.1) is 0 Å². The molecule has 0 bridgehead atoms. The van der Waals surface area contributed by atoms with Gasteiger partial charge in [0.2, 0.25) is 0 Å². The van der Waals surface area contributed by atoms with Crippen molar-refractivity contribution in [2.45, 2.75) is 26.3 Å². The SMILES string of the molecule is Cc1cccc([N+](=O)[O-])c1NC1CCN(C)CC1C. The molecule has 5 heteroatoms. The van der Waals surface area contributed by atoms with E-state index in [1.807, 2.05) is 13.0 Å². The minimum Gasteiger partial charge on any atom is -0.376 e. The van der Waals surface area contributed by atoms with Crippen LogP contribution >= 0.6 is 0 Å². The van der Waals surface area contributed by atoms with Gasteiger partial charge in [-0.2, -0.15) is 0 Å². The number of likely N-dealkylation sites (tertiary alicyclic amines) is 1. The monoisotopic (exact) mass is 263 g/mol. The lowest BCUT2D eigenvalue weighted by molar-refractivity contribution is -0.384. The number of hydrogen-bond donors (Lipinski definition) is 1. The van der Waals surface area contributed by atoms with Crippen molar-refractivity contribution < 1.29 is 4.92 Å². The lowest BCUT2D eigenvalue weighted by Crippen LogP contribution is -2.43. The third-order valence-corrected chi connectivity index (χ3v) is 3.89. The number of benzene rings is 1.